The van der Waals surface area contributed by atoms with Gasteiger partial charge in [0.2, 0.25) is 0 Å². The molecule has 1 N–H and O–H groups in total. The van der Waals surface area contributed by atoms with Gasteiger partial charge in [-0.25, -0.2) is 9.37 Å². The van der Waals surface area contributed by atoms with Crippen molar-refractivity contribution in [3.63, 3.8) is 0 Å². The average molecular weight is 232 g/mol. The number of H-pyrrole nitrogens is 1. The topological polar surface area (TPSA) is 28.7 Å². The molecule has 0 radical (unpaired) electrons. The molecule has 0 saturated heterocycles. The summed E-state index contributed by atoms with van der Waals surface area (Å²) in [6.07, 6.45) is 2.78. The van der Waals surface area contributed by atoms with Crippen molar-refractivity contribution in [3.05, 3.63) is 52.9 Å². The summed E-state index contributed by atoms with van der Waals surface area (Å²) in [5.41, 5.74) is 5.08. The number of thiazole rings is 1. The number of fused-ring (bicyclic) bond motifs is 1. The molecule has 0 unspecified atom stereocenters. The maximum absolute atomic E-state index is 12.8. The fourth-order valence-electron chi connectivity index (χ4n) is 1.75. The molecule has 2 heterocycles. The van der Waals surface area contributed by atoms with E-state index in [-0.39, 0.29) is 5.82 Å². The maximum atomic E-state index is 12.8. The molecular weight excluding hydrogens is 223 g/mol. The number of hydrogen-bond acceptors (Lipinski definition) is 2. The number of halogens is 1. The fraction of sp³-hybridized carbons (Fsp3) is 0.0833. The van der Waals surface area contributed by atoms with Gasteiger partial charge in [0.15, 0.2) is 0 Å². The van der Waals surface area contributed by atoms with E-state index in [0.717, 1.165) is 17.6 Å². The van der Waals surface area contributed by atoms with Crippen LogP contribution in [-0.4, -0.2) is 9.97 Å². The van der Waals surface area contributed by atoms with Crippen molar-refractivity contribution in [1.29, 1.82) is 0 Å². The van der Waals surface area contributed by atoms with Crippen LogP contribution in [0.25, 0.3) is 10.3 Å². The van der Waals surface area contributed by atoms with Crippen molar-refractivity contribution in [2.45, 2.75) is 6.42 Å². The van der Waals surface area contributed by atoms with Gasteiger partial charge in [0.1, 0.15) is 11.5 Å². The summed E-state index contributed by atoms with van der Waals surface area (Å²) >= 11 is 1.63. The van der Waals surface area contributed by atoms with Crippen LogP contribution >= 0.6 is 11.3 Å². The summed E-state index contributed by atoms with van der Waals surface area (Å²) in [6.45, 7) is 0. The highest BCUT2D eigenvalue weighted by Gasteiger charge is 2.06. The number of nitrogens with zero attached hydrogens (tertiary/aromatic N) is 1. The first-order valence-corrected chi connectivity index (χ1v) is 5.85. The van der Waals surface area contributed by atoms with Crippen LogP contribution in [0.2, 0.25) is 0 Å². The Morgan fingerprint density at radius 2 is 2.06 bits per heavy atom. The molecule has 3 rings (SSSR count). The Bertz CT molecular complexity index is 609. The molecule has 2 nitrogen and oxygen atoms in total. The summed E-state index contributed by atoms with van der Waals surface area (Å²) in [5.74, 6) is -0.194. The van der Waals surface area contributed by atoms with Crippen molar-refractivity contribution >= 4 is 21.7 Å². The predicted octanol–water partition coefficient (Wildman–Crippen LogP) is 3.35. The molecule has 0 spiro atoms. The minimum Gasteiger partial charge on any atom is -0.345 e. The zero-order chi connectivity index (χ0) is 11.0. The zero-order valence-electron chi connectivity index (χ0n) is 8.40. The Balaban J connectivity index is 1.95. The first kappa shape index (κ1) is 9.54. The summed E-state index contributed by atoms with van der Waals surface area (Å²) in [6, 6.07) is 6.61. The van der Waals surface area contributed by atoms with Gasteiger partial charge < -0.3 is 4.98 Å². The second-order valence-electron chi connectivity index (χ2n) is 3.65. The second kappa shape index (κ2) is 3.72. The largest absolute Gasteiger partial charge is 0.345 e. The normalized spacial score (nSPS) is 11.1. The van der Waals surface area contributed by atoms with Crippen LogP contribution < -0.4 is 0 Å². The number of nitrogens with one attached hydrogen (secondary N) is 1. The highest BCUT2D eigenvalue weighted by atomic mass is 32.1. The molecular formula is C12H9FN2S. The highest BCUT2D eigenvalue weighted by Crippen LogP contribution is 2.23. The fourth-order valence-corrected chi connectivity index (χ4v) is 2.52. The standard InChI is InChI=1S/C12H9FN2S/c13-10-3-1-8(2-4-10)5-9-6-14-12-11(9)16-7-15-12/h1-4,6-7,14H,5H2. The third-order valence-corrected chi connectivity index (χ3v) is 3.45. The van der Waals surface area contributed by atoms with E-state index in [2.05, 4.69) is 9.97 Å². The molecule has 0 fully saturated rings. The lowest BCUT2D eigenvalue weighted by molar-refractivity contribution is 0.627. The lowest BCUT2D eigenvalue weighted by atomic mass is 10.1. The minimum atomic E-state index is -0.194. The smallest absolute Gasteiger partial charge is 0.148 e. The predicted molar refractivity (Wildman–Crippen MR) is 63.2 cm³/mol. The number of rotatable bonds is 2. The van der Waals surface area contributed by atoms with Gasteiger partial charge in [0.05, 0.1) is 10.2 Å². The van der Waals surface area contributed by atoms with Crippen molar-refractivity contribution < 1.29 is 4.39 Å². The maximum Gasteiger partial charge on any atom is 0.148 e. The molecule has 1 aromatic carbocycles. The zero-order valence-corrected chi connectivity index (χ0v) is 9.22. The Morgan fingerprint density at radius 1 is 1.25 bits per heavy atom. The van der Waals surface area contributed by atoms with E-state index in [1.807, 2.05) is 23.8 Å². The second-order valence-corrected chi connectivity index (χ2v) is 4.50. The quantitative estimate of drug-likeness (QED) is 0.721. The van der Waals surface area contributed by atoms with Crippen molar-refractivity contribution in [2.24, 2.45) is 0 Å². The number of aromatic nitrogens is 2. The molecule has 2 aromatic heterocycles. The molecule has 0 amide bonds. The average Bonchev–Trinajstić information content (AvgIpc) is 2.86. The van der Waals surface area contributed by atoms with Gasteiger partial charge in [0, 0.05) is 12.6 Å². The van der Waals surface area contributed by atoms with Crippen LogP contribution in [0.1, 0.15) is 11.1 Å². The van der Waals surface area contributed by atoms with Gasteiger partial charge in [-0.05, 0) is 23.3 Å². The molecule has 80 valence electrons. The number of hydrogen-bond donors (Lipinski definition) is 1. The van der Waals surface area contributed by atoms with E-state index < -0.39 is 0 Å². The molecule has 0 aliphatic rings. The molecule has 0 aliphatic carbocycles. The molecule has 16 heavy (non-hydrogen) atoms. The van der Waals surface area contributed by atoms with Gasteiger partial charge in [0.25, 0.3) is 0 Å². The van der Waals surface area contributed by atoms with Gasteiger partial charge in [-0.3, -0.25) is 0 Å². The van der Waals surface area contributed by atoms with E-state index in [1.165, 1.54) is 22.4 Å². The first-order valence-electron chi connectivity index (χ1n) is 4.97. The lowest BCUT2D eigenvalue weighted by Crippen LogP contribution is -1.86. The third kappa shape index (κ3) is 1.61. The van der Waals surface area contributed by atoms with Crippen LogP contribution in [0.3, 0.4) is 0 Å². The van der Waals surface area contributed by atoms with Crippen molar-refractivity contribution in [1.82, 2.24) is 9.97 Å². The molecule has 4 heteroatoms. The minimum absolute atomic E-state index is 0.194. The van der Waals surface area contributed by atoms with E-state index >= 15 is 0 Å². The van der Waals surface area contributed by atoms with Crippen LogP contribution in [-0.2, 0) is 6.42 Å². The van der Waals surface area contributed by atoms with E-state index in [1.54, 1.807) is 11.3 Å². The Kier molecular flexibility index (Phi) is 2.22. The number of aromatic amines is 1. The highest BCUT2D eigenvalue weighted by molar-refractivity contribution is 7.16. The third-order valence-electron chi connectivity index (χ3n) is 2.55. The van der Waals surface area contributed by atoms with Crippen LogP contribution in [0.15, 0.2) is 36.0 Å². The lowest BCUT2D eigenvalue weighted by Gasteiger charge is -1.98. The number of benzene rings is 1. The molecule has 3 aromatic rings. The van der Waals surface area contributed by atoms with Gasteiger partial charge in [-0.2, -0.15) is 0 Å². The van der Waals surface area contributed by atoms with Crippen molar-refractivity contribution in [2.75, 3.05) is 0 Å². The Hall–Kier alpha value is -1.68. The molecule has 0 bridgehead atoms. The Labute approximate surface area is 95.8 Å². The van der Waals surface area contributed by atoms with Crippen LogP contribution in [0, 0.1) is 5.82 Å². The molecule has 0 aliphatic heterocycles. The summed E-state index contributed by atoms with van der Waals surface area (Å²) in [7, 11) is 0. The summed E-state index contributed by atoms with van der Waals surface area (Å²) in [4.78, 5) is 7.32. The first-order chi connectivity index (χ1) is 7.83. The monoisotopic (exact) mass is 232 g/mol. The van der Waals surface area contributed by atoms with E-state index in [4.69, 9.17) is 0 Å². The summed E-state index contributed by atoms with van der Waals surface area (Å²) < 4.78 is 13.9. The van der Waals surface area contributed by atoms with Gasteiger partial charge >= 0.3 is 0 Å². The molecule has 0 saturated carbocycles. The van der Waals surface area contributed by atoms with Gasteiger partial charge in [-0.1, -0.05) is 12.1 Å². The SMILES string of the molecule is Fc1ccc(Cc2c[nH]c3ncsc23)cc1. The van der Waals surface area contributed by atoms with Crippen LogP contribution in [0.4, 0.5) is 4.39 Å². The van der Waals surface area contributed by atoms with Crippen LogP contribution in [0.5, 0.6) is 0 Å². The van der Waals surface area contributed by atoms with Crippen molar-refractivity contribution in [3.8, 4) is 0 Å². The van der Waals surface area contributed by atoms with E-state index in [9.17, 15) is 4.39 Å². The Morgan fingerprint density at radius 3 is 2.88 bits per heavy atom. The van der Waals surface area contributed by atoms with Gasteiger partial charge in [-0.15, -0.1) is 11.3 Å². The molecule has 0 atom stereocenters. The van der Waals surface area contributed by atoms with E-state index in [0.29, 0.717) is 0 Å². The summed E-state index contributed by atoms with van der Waals surface area (Å²) in [5, 5.41) is 0.